The van der Waals surface area contributed by atoms with Crippen LogP contribution in [0.15, 0.2) is 0 Å². The minimum absolute atomic E-state index is 0.172. The van der Waals surface area contributed by atoms with Crippen LogP contribution in [0.4, 0.5) is 4.79 Å². The van der Waals surface area contributed by atoms with Crippen LogP contribution in [0.25, 0.3) is 0 Å². The highest BCUT2D eigenvalue weighted by atomic mass is 16.2. The van der Waals surface area contributed by atoms with Crippen molar-refractivity contribution in [2.24, 2.45) is 5.73 Å². The molecule has 70 valence electrons. The van der Waals surface area contributed by atoms with Gasteiger partial charge in [-0.2, -0.15) is 0 Å². The van der Waals surface area contributed by atoms with E-state index >= 15 is 0 Å². The number of nitrogens with zero attached hydrogens (tertiary/aromatic N) is 2. The van der Waals surface area contributed by atoms with Crippen LogP contribution >= 0.6 is 0 Å². The molecule has 2 N–H and O–H groups in total. The van der Waals surface area contributed by atoms with Gasteiger partial charge in [0.05, 0.1) is 0 Å². The minimum Gasteiger partial charge on any atom is -0.330 e. The molecule has 0 atom stereocenters. The molecule has 0 unspecified atom stereocenters. The van der Waals surface area contributed by atoms with Gasteiger partial charge in [0, 0.05) is 26.2 Å². The van der Waals surface area contributed by atoms with Crippen molar-refractivity contribution in [2.45, 2.75) is 13.3 Å². The van der Waals surface area contributed by atoms with Gasteiger partial charge in [0.25, 0.3) is 0 Å². The van der Waals surface area contributed by atoms with Crippen molar-refractivity contribution in [3.05, 3.63) is 0 Å². The van der Waals surface area contributed by atoms with Crippen molar-refractivity contribution in [1.82, 2.24) is 9.80 Å². The Bertz CT molecular complexity index is 160. The number of likely N-dealkylation sites (N-methyl/N-ethyl adjacent to an activating group) is 1. The van der Waals surface area contributed by atoms with E-state index in [1.54, 1.807) is 0 Å². The summed E-state index contributed by atoms with van der Waals surface area (Å²) in [5.41, 5.74) is 5.37. The Morgan fingerprint density at radius 1 is 1.42 bits per heavy atom. The number of nitrogens with two attached hydrogens (primary N) is 1. The molecular weight excluding hydrogens is 154 g/mol. The third-order valence-electron chi connectivity index (χ3n) is 2.19. The van der Waals surface area contributed by atoms with Gasteiger partial charge in [0.1, 0.15) is 0 Å². The summed E-state index contributed by atoms with van der Waals surface area (Å²) in [4.78, 5) is 15.2. The first-order chi connectivity index (χ1) is 5.79. The van der Waals surface area contributed by atoms with E-state index in [0.29, 0.717) is 6.54 Å². The Labute approximate surface area is 73.3 Å². The van der Waals surface area contributed by atoms with E-state index in [0.717, 1.165) is 32.6 Å². The highest BCUT2D eigenvalue weighted by Gasteiger charge is 2.25. The Balaban J connectivity index is 2.33. The quantitative estimate of drug-likeness (QED) is 0.652. The molecule has 1 rings (SSSR count). The van der Waals surface area contributed by atoms with E-state index in [9.17, 15) is 4.79 Å². The molecule has 0 aliphatic carbocycles. The van der Waals surface area contributed by atoms with E-state index in [-0.39, 0.29) is 6.03 Å². The molecule has 12 heavy (non-hydrogen) atoms. The topological polar surface area (TPSA) is 49.6 Å². The Morgan fingerprint density at radius 3 is 2.58 bits per heavy atom. The van der Waals surface area contributed by atoms with Crippen LogP contribution in [-0.2, 0) is 0 Å². The summed E-state index contributed by atoms with van der Waals surface area (Å²) in [5, 5.41) is 0. The average molecular weight is 171 g/mol. The molecule has 0 saturated carbocycles. The molecule has 1 saturated heterocycles. The van der Waals surface area contributed by atoms with E-state index in [1.807, 2.05) is 16.7 Å². The first-order valence-electron chi connectivity index (χ1n) is 4.53. The summed E-state index contributed by atoms with van der Waals surface area (Å²) in [5.74, 6) is 0. The van der Waals surface area contributed by atoms with Gasteiger partial charge >= 0.3 is 6.03 Å². The van der Waals surface area contributed by atoms with Crippen LogP contribution in [0, 0.1) is 0 Å². The van der Waals surface area contributed by atoms with Gasteiger partial charge in [-0.25, -0.2) is 4.79 Å². The molecule has 4 nitrogen and oxygen atoms in total. The zero-order valence-corrected chi connectivity index (χ0v) is 7.62. The van der Waals surface area contributed by atoms with E-state index < -0.39 is 0 Å². The summed E-state index contributed by atoms with van der Waals surface area (Å²) in [6, 6.07) is 0.172. The van der Waals surface area contributed by atoms with Crippen LogP contribution in [0.5, 0.6) is 0 Å². The van der Waals surface area contributed by atoms with Crippen LogP contribution in [-0.4, -0.2) is 48.6 Å². The summed E-state index contributed by atoms with van der Waals surface area (Å²) in [6.07, 6.45) is 0.906. The lowest BCUT2D eigenvalue weighted by molar-refractivity contribution is 0.193. The predicted octanol–water partition coefficient (Wildman–Crippen LogP) is 0.0927. The summed E-state index contributed by atoms with van der Waals surface area (Å²) in [6.45, 7) is 6.04. The number of amides is 2. The Kier molecular flexibility index (Phi) is 3.34. The Hall–Kier alpha value is -0.770. The van der Waals surface area contributed by atoms with Crippen LogP contribution in [0.1, 0.15) is 13.3 Å². The number of hydrogen-bond acceptors (Lipinski definition) is 2. The van der Waals surface area contributed by atoms with Gasteiger partial charge in [-0.1, -0.05) is 0 Å². The van der Waals surface area contributed by atoms with Gasteiger partial charge in [-0.3, -0.25) is 0 Å². The molecule has 1 heterocycles. The second-order valence-corrected chi connectivity index (χ2v) is 2.99. The molecule has 0 aromatic heterocycles. The second-order valence-electron chi connectivity index (χ2n) is 2.99. The highest BCUT2D eigenvalue weighted by molar-refractivity contribution is 5.76. The van der Waals surface area contributed by atoms with Crippen molar-refractivity contribution >= 4 is 6.03 Å². The molecule has 0 bridgehead atoms. The minimum atomic E-state index is 0.172. The van der Waals surface area contributed by atoms with Gasteiger partial charge < -0.3 is 15.5 Å². The van der Waals surface area contributed by atoms with Crippen LogP contribution < -0.4 is 5.73 Å². The second kappa shape index (κ2) is 4.30. The van der Waals surface area contributed by atoms with E-state index in [2.05, 4.69) is 0 Å². The van der Waals surface area contributed by atoms with Crippen LogP contribution in [0.3, 0.4) is 0 Å². The molecule has 2 amide bonds. The number of urea groups is 1. The first kappa shape index (κ1) is 9.32. The maximum atomic E-state index is 11.5. The Morgan fingerprint density at radius 2 is 2.08 bits per heavy atom. The number of carbonyl (C=O) groups excluding carboxylic acids is 1. The molecule has 4 heteroatoms. The lowest BCUT2D eigenvalue weighted by Gasteiger charge is -2.16. The lowest BCUT2D eigenvalue weighted by atomic mass is 10.4. The first-order valence-corrected chi connectivity index (χ1v) is 4.53. The zero-order valence-electron chi connectivity index (χ0n) is 7.62. The summed E-state index contributed by atoms with van der Waals surface area (Å²) >= 11 is 0. The smallest absolute Gasteiger partial charge is 0.320 e. The third kappa shape index (κ3) is 1.88. The molecular formula is C8H17N3O. The standard InChI is InChI=1S/C8H17N3O/c1-2-10-6-7-11(8(10)12)5-3-4-9/h2-7,9H2,1H3. The number of hydrogen-bond donors (Lipinski definition) is 1. The molecule has 1 aliphatic heterocycles. The molecule has 0 radical (unpaired) electrons. The van der Waals surface area contributed by atoms with Gasteiger partial charge in [-0.05, 0) is 19.9 Å². The molecule has 1 fully saturated rings. The monoisotopic (exact) mass is 171 g/mol. The predicted molar refractivity (Wildman–Crippen MR) is 47.9 cm³/mol. The van der Waals surface area contributed by atoms with Crippen molar-refractivity contribution in [3.63, 3.8) is 0 Å². The summed E-state index contributed by atoms with van der Waals surface area (Å²) < 4.78 is 0. The fraction of sp³-hybridized carbons (Fsp3) is 0.875. The van der Waals surface area contributed by atoms with E-state index in [4.69, 9.17) is 5.73 Å². The summed E-state index contributed by atoms with van der Waals surface area (Å²) in [7, 11) is 0. The van der Waals surface area contributed by atoms with Crippen molar-refractivity contribution in [3.8, 4) is 0 Å². The highest BCUT2D eigenvalue weighted by Crippen LogP contribution is 2.07. The number of carbonyl (C=O) groups is 1. The molecule has 0 spiro atoms. The maximum absolute atomic E-state index is 11.5. The zero-order chi connectivity index (χ0) is 8.97. The molecule has 1 aliphatic rings. The third-order valence-corrected chi connectivity index (χ3v) is 2.19. The lowest BCUT2D eigenvalue weighted by Crippen LogP contribution is -2.32. The molecule has 0 aromatic rings. The van der Waals surface area contributed by atoms with Crippen molar-refractivity contribution < 1.29 is 4.79 Å². The average Bonchev–Trinajstić information content (AvgIpc) is 2.43. The fourth-order valence-corrected chi connectivity index (χ4v) is 1.42. The maximum Gasteiger partial charge on any atom is 0.320 e. The fourth-order valence-electron chi connectivity index (χ4n) is 1.42. The van der Waals surface area contributed by atoms with E-state index in [1.165, 1.54) is 0 Å². The number of rotatable bonds is 4. The van der Waals surface area contributed by atoms with Gasteiger partial charge in [0.2, 0.25) is 0 Å². The molecule has 0 aromatic carbocycles. The van der Waals surface area contributed by atoms with Gasteiger partial charge in [-0.15, -0.1) is 0 Å². The normalized spacial score (nSPS) is 17.7. The van der Waals surface area contributed by atoms with Gasteiger partial charge in [0.15, 0.2) is 0 Å². The van der Waals surface area contributed by atoms with Crippen LogP contribution in [0.2, 0.25) is 0 Å². The van der Waals surface area contributed by atoms with Crippen molar-refractivity contribution in [1.29, 1.82) is 0 Å². The largest absolute Gasteiger partial charge is 0.330 e. The SMILES string of the molecule is CCN1CCN(CCCN)C1=O. The van der Waals surface area contributed by atoms with Crippen molar-refractivity contribution in [2.75, 3.05) is 32.7 Å².